The van der Waals surface area contributed by atoms with E-state index in [4.69, 9.17) is 49.3 Å². The van der Waals surface area contributed by atoms with E-state index in [0.29, 0.717) is 54.5 Å². The first-order valence-corrected chi connectivity index (χ1v) is 18.3. The van der Waals surface area contributed by atoms with E-state index in [1.165, 1.54) is 37.4 Å². The van der Waals surface area contributed by atoms with Crippen LogP contribution in [-0.2, 0) is 29.1 Å². The highest BCUT2D eigenvalue weighted by molar-refractivity contribution is 7.93. The van der Waals surface area contributed by atoms with E-state index >= 15 is 0 Å². The molecule has 4 rings (SSSR count). The molecule has 19 heteroatoms. The van der Waals surface area contributed by atoms with Gasteiger partial charge in [-0.2, -0.15) is 13.2 Å². The summed E-state index contributed by atoms with van der Waals surface area (Å²) in [5.41, 5.74) is 13.3. The third kappa shape index (κ3) is 9.51. The van der Waals surface area contributed by atoms with E-state index in [9.17, 15) is 36.0 Å². The number of aliphatic carboxylic acids is 1. The monoisotopic (exact) mass is 803 g/mol. The Morgan fingerprint density at radius 1 is 1.06 bits per heavy atom. The van der Waals surface area contributed by atoms with E-state index in [-0.39, 0.29) is 43.5 Å². The van der Waals surface area contributed by atoms with E-state index in [1.54, 1.807) is 29.2 Å². The molecule has 0 fully saturated rings. The number of unbranched alkanes of at least 4 members (excludes halogenated alkanes) is 1. The van der Waals surface area contributed by atoms with Crippen molar-refractivity contribution in [2.75, 3.05) is 42.1 Å². The van der Waals surface area contributed by atoms with Crippen LogP contribution in [0.4, 0.5) is 35.0 Å². The Hall–Kier alpha value is -4.58. The summed E-state index contributed by atoms with van der Waals surface area (Å²) >= 11 is 13.3. The fourth-order valence-corrected chi connectivity index (χ4v) is 7.57. The van der Waals surface area contributed by atoms with Crippen molar-refractivity contribution in [3.8, 4) is 0 Å². The summed E-state index contributed by atoms with van der Waals surface area (Å²) in [7, 11) is -3.32. The summed E-state index contributed by atoms with van der Waals surface area (Å²) in [5.74, 6) is -6.27. The SMILES string of the molecule is CCN(CC)C(=O)Nc1ccc(S(=O)(=O)N2C(=O)C(c3ccccc3Cl)c3c2cc([C@@H](CCCCN)C(=O)OC)c(Cl)c3N)cc1.O=C(O)C(F)(F)F. The summed E-state index contributed by atoms with van der Waals surface area (Å²) in [6, 6.07) is 13.1. The minimum atomic E-state index is -5.08. The second-order valence-corrected chi connectivity index (χ2v) is 14.1. The molecule has 0 bridgehead atoms. The number of carboxylic acids is 1. The number of nitrogens with one attached hydrogen (secondary N) is 1. The van der Waals surface area contributed by atoms with Crippen molar-refractivity contribution in [3.05, 3.63) is 81.3 Å². The Labute approximate surface area is 314 Å². The van der Waals surface area contributed by atoms with Crippen molar-refractivity contribution in [3.63, 3.8) is 0 Å². The number of amides is 3. The van der Waals surface area contributed by atoms with Crippen LogP contribution in [0.25, 0.3) is 0 Å². The van der Waals surface area contributed by atoms with Gasteiger partial charge in [0.2, 0.25) is 0 Å². The average Bonchev–Trinajstić information content (AvgIpc) is 3.41. The second-order valence-electron chi connectivity index (χ2n) is 11.5. The van der Waals surface area contributed by atoms with Crippen LogP contribution in [0, 0.1) is 0 Å². The van der Waals surface area contributed by atoms with Crippen LogP contribution < -0.4 is 21.1 Å². The third-order valence-electron chi connectivity index (χ3n) is 8.26. The van der Waals surface area contributed by atoms with Crippen LogP contribution >= 0.6 is 23.2 Å². The first-order valence-electron chi connectivity index (χ1n) is 16.1. The maximum atomic E-state index is 14.3. The van der Waals surface area contributed by atoms with Crippen molar-refractivity contribution in [2.45, 2.75) is 56.0 Å². The van der Waals surface area contributed by atoms with Gasteiger partial charge in [0.1, 0.15) is 0 Å². The van der Waals surface area contributed by atoms with Crippen LogP contribution in [0.1, 0.15) is 61.6 Å². The van der Waals surface area contributed by atoms with Crippen molar-refractivity contribution in [2.24, 2.45) is 5.73 Å². The molecule has 0 saturated heterocycles. The summed E-state index contributed by atoms with van der Waals surface area (Å²) in [5, 5.41) is 10.1. The number of ether oxygens (including phenoxy) is 1. The van der Waals surface area contributed by atoms with Gasteiger partial charge in [-0.1, -0.05) is 47.8 Å². The lowest BCUT2D eigenvalue weighted by Gasteiger charge is -2.22. The van der Waals surface area contributed by atoms with Crippen LogP contribution in [0.15, 0.2) is 59.5 Å². The van der Waals surface area contributed by atoms with Crippen molar-refractivity contribution in [1.29, 1.82) is 0 Å². The van der Waals surface area contributed by atoms with Gasteiger partial charge in [-0.3, -0.25) is 9.59 Å². The van der Waals surface area contributed by atoms with Gasteiger partial charge in [0.15, 0.2) is 0 Å². The van der Waals surface area contributed by atoms with Crippen LogP contribution in [-0.4, -0.2) is 75.2 Å². The zero-order valence-corrected chi connectivity index (χ0v) is 31.1. The van der Waals surface area contributed by atoms with Gasteiger partial charge in [-0.15, -0.1) is 0 Å². The second kappa shape index (κ2) is 18.0. The molecule has 0 aromatic heterocycles. The number of hydrogen-bond acceptors (Lipinski definition) is 9. The zero-order chi connectivity index (χ0) is 39.8. The Bertz CT molecular complexity index is 1950. The number of esters is 1. The van der Waals surface area contributed by atoms with Crippen molar-refractivity contribution >= 4 is 74.2 Å². The van der Waals surface area contributed by atoms with Crippen molar-refractivity contribution < 1.29 is 50.6 Å². The van der Waals surface area contributed by atoms with Gasteiger partial charge in [0.05, 0.1) is 40.2 Å². The number of benzene rings is 3. The molecule has 288 valence electrons. The topological polar surface area (TPSA) is 202 Å². The number of nitrogens with two attached hydrogens (primary N) is 2. The first-order chi connectivity index (χ1) is 24.9. The lowest BCUT2D eigenvalue weighted by Crippen LogP contribution is -2.35. The molecule has 13 nitrogen and oxygen atoms in total. The van der Waals surface area contributed by atoms with Gasteiger partial charge in [0.25, 0.3) is 15.9 Å². The maximum absolute atomic E-state index is 14.3. The predicted octanol–water partition coefficient (Wildman–Crippen LogP) is 6.34. The fraction of sp³-hybridized carbons (Fsp3) is 0.353. The average molecular weight is 805 g/mol. The molecule has 6 N–H and O–H groups in total. The summed E-state index contributed by atoms with van der Waals surface area (Å²) in [4.78, 5) is 50.0. The Morgan fingerprint density at radius 3 is 2.15 bits per heavy atom. The lowest BCUT2D eigenvalue weighted by atomic mass is 9.87. The number of alkyl halides is 3. The molecule has 1 aliphatic heterocycles. The van der Waals surface area contributed by atoms with E-state index < -0.39 is 45.9 Å². The number of urea groups is 1. The number of nitrogens with zero attached hydrogens (tertiary/aromatic N) is 2. The number of rotatable bonds is 12. The highest BCUT2D eigenvalue weighted by Gasteiger charge is 2.48. The Kier molecular flexibility index (Phi) is 14.5. The third-order valence-corrected chi connectivity index (χ3v) is 10.8. The number of halogens is 5. The molecular formula is C34H38Cl2F3N5O8S. The molecule has 3 aromatic carbocycles. The predicted molar refractivity (Wildman–Crippen MR) is 194 cm³/mol. The van der Waals surface area contributed by atoms with Crippen molar-refractivity contribution in [1.82, 2.24) is 4.90 Å². The van der Waals surface area contributed by atoms with Crippen LogP contribution in [0.2, 0.25) is 10.0 Å². The number of carbonyl (C=O) groups is 4. The standard InChI is InChI=1S/C32H37Cl2N5O6S.C2HF3O2/c1-4-38(5-2)32(42)37-19-13-15-20(16-14-19)46(43,44)39-25-18-23(21(31(41)45-3)10-8-9-17-35)28(34)29(36)27(25)26(30(39)40)22-11-6-7-12-24(22)33;3-2(4,5)1(6)7/h6-7,11-16,18,21,26H,4-5,8-10,17,35-36H2,1-3H3,(H,37,42);(H,6,7)/t21-,26?;/m1./s1. The van der Waals surface area contributed by atoms with E-state index in [2.05, 4.69) is 5.32 Å². The molecule has 0 radical (unpaired) electrons. The molecule has 3 amide bonds. The Morgan fingerprint density at radius 2 is 1.64 bits per heavy atom. The zero-order valence-electron chi connectivity index (χ0n) is 28.7. The molecule has 53 heavy (non-hydrogen) atoms. The molecule has 0 spiro atoms. The lowest BCUT2D eigenvalue weighted by molar-refractivity contribution is -0.192. The number of methoxy groups -OCH3 is 1. The minimum Gasteiger partial charge on any atom is -0.475 e. The quantitative estimate of drug-likeness (QED) is 0.0910. The summed E-state index contributed by atoms with van der Waals surface area (Å²) in [6.45, 7) is 5.09. The first kappa shape index (κ1) is 42.8. The number of carbonyl (C=O) groups excluding carboxylic acids is 3. The molecule has 2 atom stereocenters. The summed E-state index contributed by atoms with van der Waals surface area (Å²) in [6.07, 6.45) is -3.59. The number of carboxylic acid groups (broad SMARTS) is 1. The molecular weight excluding hydrogens is 766 g/mol. The van der Waals surface area contributed by atoms with Gasteiger partial charge in [-0.25, -0.2) is 22.3 Å². The van der Waals surface area contributed by atoms with E-state index in [0.717, 1.165) is 0 Å². The Balaban J connectivity index is 0.000000980. The van der Waals surface area contributed by atoms with Gasteiger partial charge >= 0.3 is 24.1 Å². The molecule has 1 aliphatic rings. The number of nitrogen functional groups attached to an aromatic ring is 1. The summed E-state index contributed by atoms with van der Waals surface area (Å²) < 4.78 is 66.0. The van der Waals surface area contributed by atoms with Gasteiger partial charge in [-0.05, 0) is 80.8 Å². The maximum Gasteiger partial charge on any atom is 0.490 e. The number of sulfonamides is 1. The minimum absolute atomic E-state index is 0.0132. The van der Waals surface area contributed by atoms with Gasteiger partial charge < -0.3 is 31.5 Å². The molecule has 0 saturated carbocycles. The fourth-order valence-electron chi connectivity index (χ4n) is 5.59. The van der Waals surface area contributed by atoms with Gasteiger partial charge in [0, 0.05) is 29.4 Å². The molecule has 3 aromatic rings. The number of fused-ring (bicyclic) bond motifs is 1. The van der Waals surface area contributed by atoms with E-state index in [1.807, 2.05) is 13.8 Å². The normalized spacial score (nSPS) is 14.5. The molecule has 1 unspecified atom stereocenters. The highest BCUT2D eigenvalue weighted by atomic mass is 35.5. The molecule has 1 heterocycles. The highest BCUT2D eigenvalue weighted by Crippen LogP contribution is 2.52. The number of anilines is 3. The van der Waals surface area contributed by atoms with Crippen LogP contribution in [0.3, 0.4) is 0 Å². The largest absolute Gasteiger partial charge is 0.490 e. The smallest absolute Gasteiger partial charge is 0.475 e. The molecule has 0 aliphatic carbocycles. The number of hydrogen-bond donors (Lipinski definition) is 4. The van der Waals surface area contributed by atoms with Crippen LogP contribution in [0.5, 0.6) is 0 Å².